The first-order chi connectivity index (χ1) is 37.7. The van der Waals surface area contributed by atoms with Crippen LogP contribution in [-0.2, 0) is 77.6 Å². The topological polar surface area (TPSA) is 370 Å². The molecule has 2 aromatic carbocycles. The fraction of sp³-hybridized carbons (Fsp3) is 0.745. The average molecular weight is 1160 g/mol. The quantitative estimate of drug-likeness (QED) is 0.0361. The maximum absolute atomic E-state index is 14.8. The van der Waals surface area contributed by atoms with Gasteiger partial charge >= 0.3 is 11.9 Å². The Kier molecular flexibility index (Phi) is 26.0. The molecule has 0 amide bonds. The number of hydrogen-bond donors (Lipinski definition) is 9. The lowest BCUT2D eigenvalue weighted by Gasteiger charge is -2.38. The number of aliphatic hydroxyl groups excluding tert-OH is 6. The van der Waals surface area contributed by atoms with Crippen LogP contribution in [0.2, 0.25) is 0 Å². The van der Waals surface area contributed by atoms with Crippen LogP contribution in [0.3, 0.4) is 0 Å². The third-order valence-electron chi connectivity index (χ3n) is 14.2. The molecule has 0 radical (unpaired) electrons. The molecule has 1 heterocycles. The number of rotatable bonds is 33. The van der Waals surface area contributed by atoms with Crippen LogP contribution in [0, 0.1) is 12.8 Å². The number of fused-ring (bicyclic) bond motifs is 2. The number of aliphatic hydroxyl groups is 7. The summed E-state index contributed by atoms with van der Waals surface area (Å²) in [4.78, 5) is 51.7. The number of phenolic OH excluding ortho intramolecular Hbond substituents is 2. The largest absolute Gasteiger partial charge is 0.507 e. The highest BCUT2D eigenvalue weighted by molar-refractivity contribution is 6.11. The van der Waals surface area contributed by atoms with Crippen molar-refractivity contribution in [2.24, 2.45) is 5.92 Å². The number of methoxy groups -OCH3 is 1. The Bertz CT molecular complexity index is 2380. The van der Waals surface area contributed by atoms with E-state index in [0.717, 1.165) is 6.92 Å². The van der Waals surface area contributed by atoms with Crippen molar-refractivity contribution in [3.8, 4) is 17.2 Å². The van der Waals surface area contributed by atoms with Crippen LogP contribution in [0.1, 0.15) is 111 Å². The van der Waals surface area contributed by atoms with Crippen molar-refractivity contribution < 1.29 is 127 Å². The van der Waals surface area contributed by atoms with Gasteiger partial charge in [0.1, 0.15) is 78.3 Å². The molecule has 0 saturated carbocycles. The van der Waals surface area contributed by atoms with E-state index in [0.29, 0.717) is 0 Å². The summed E-state index contributed by atoms with van der Waals surface area (Å²) < 4.78 is 73.4. The normalized spacial score (nSPS) is 25.9. The number of carbonyl (C=O) groups excluding carboxylic acids is 4. The highest BCUT2D eigenvalue weighted by atomic mass is 16.7. The monoisotopic (exact) mass is 1160 g/mol. The summed E-state index contributed by atoms with van der Waals surface area (Å²) in [5, 5.41) is 98.3. The van der Waals surface area contributed by atoms with Crippen LogP contribution in [0.5, 0.6) is 17.2 Å². The van der Waals surface area contributed by atoms with Gasteiger partial charge in [0.2, 0.25) is 0 Å². The van der Waals surface area contributed by atoms with Crippen LogP contribution >= 0.6 is 0 Å². The van der Waals surface area contributed by atoms with Crippen molar-refractivity contribution in [3.63, 3.8) is 0 Å². The Balaban J connectivity index is 1.50. The molecule has 0 aromatic heterocycles. The molecule has 1 aliphatic heterocycles. The van der Waals surface area contributed by atoms with Gasteiger partial charge in [-0.3, -0.25) is 19.2 Å². The number of carbonyl (C=O) groups is 4. The summed E-state index contributed by atoms with van der Waals surface area (Å²) in [6.07, 6.45) is -22.5. The summed E-state index contributed by atoms with van der Waals surface area (Å²) in [6.45, 7) is 19.0. The lowest BCUT2D eigenvalue weighted by Crippen LogP contribution is -2.53. The van der Waals surface area contributed by atoms with Gasteiger partial charge in [-0.15, -0.1) is 0 Å². The second kappa shape index (κ2) is 30.5. The molecule has 2 aromatic rings. The first-order valence-corrected chi connectivity index (χ1v) is 26.9. The second-order valence-electron chi connectivity index (χ2n) is 21.0. The Hall–Kier alpha value is -4.30. The predicted octanol–water partition coefficient (Wildman–Crippen LogP) is 1.49. The van der Waals surface area contributed by atoms with E-state index in [1.54, 1.807) is 34.6 Å². The third-order valence-corrected chi connectivity index (χ3v) is 14.2. The van der Waals surface area contributed by atoms with Gasteiger partial charge in [-0.05, 0) is 113 Å². The highest BCUT2D eigenvalue weighted by Gasteiger charge is 2.52. The van der Waals surface area contributed by atoms with Crippen LogP contribution in [0.25, 0.3) is 10.8 Å². The number of phenols is 2. The molecule has 9 N–H and O–H groups in total. The minimum Gasteiger partial charge on any atom is -0.507 e. The first-order valence-electron chi connectivity index (χ1n) is 26.9. The van der Waals surface area contributed by atoms with Crippen molar-refractivity contribution in [3.05, 3.63) is 28.8 Å². The second-order valence-corrected chi connectivity index (χ2v) is 21.0. The van der Waals surface area contributed by atoms with Gasteiger partial charge in [-0.2, -0.15) is 0 Å². The van der Waals surface area contributed by atoms with Gasteiger partial charge in [0.25, 0.3) is 0 Å². The number of aromatic hydroxyl groups is 2. The standard InChI is InChI=1S/C55H86O26/c1-23-43(80-34(12)77-26(4)40(59)20-71-32(10)75-24(2)39(58)19-70-30(8)56)18-37-16-36-17-38(51(69-15)50(66)47(63)28(6)74-31(9)57)52(49(65)45(36)48(64)44(37)46(23)62)81-35(13)78-27(5)41(60)21-72-33(11)76-25(3)42(61)22-73-54-55(14,68)53(67)29(7)79-54/h16,18,24-29,32-35,38-42,47,51-54,58-64,67-68H,17,19-22H2,1-15H3/t24?,25?,26?,27?,28-,29?,32-,33?,34?,35?,38+,39+,40+,41+,42-,47+,51+,52+,53-,54?,55?/m1/s1. The number of ether oxygens (including phenoxy) is 13. The molecule has 26 nitrogen and oxygen atoms in total. The van der Waals surface area contributed by atoms with Crippen LogP contribution in [-0.4, -0.2) is 226 Å². The highest BCUT2D eigenvalue weighted by Crippen LogP contribution is 2.47. The molecule has 0 bridgehead atoms. The fourth-order valence-electron chi connectivity index (χ4n) is 9.30. The zero-order chi connectivity index (χ0) is 61.1. The number of esters is 2. The summed E-state index contributed by atoms with van der Waals surface area (Å²) in [5.41, 5.74) is -1.66. The van der Waals surface area contributed by atoms with E-state index in [2.05, 4.69) is 0 Å². The van der Waals surface area contributed by atoms with Crippen molar-refractivity contribution in [1.82, 2.24) is 0 Å². The minimum absolute atomic E-state index is 0.0914. The molecule has 21 atom stereocenters. The molecule has 462 valence electrons. The summed E-state index contributed by atoms with van der Waals surface area (Å²) in [6, 6.07) is 2.99. The Morgan fingerprint density at radius 3 is 1.72 bits per heavy atom. The average Bonchev–Trinajstić information content (AvgIpc) is 3.81. The summed E-state index contributed by atoms with van der Waals surface area (Å²) in [7, 11) is 1.17. The van der Waals surface area contributed by atoms with Crippen molar-refractivity contribution in [2.75, 3.05) is 33.5 Å². The van der Waals surface area contributed by atoms with E-state index in [1.165, 1.54) is 74.6 Å². The van der Waals surface area contributed by atoms with Crippen molar-refractivity contribution in [2.45, 2.75) is 226 Å². The van der Waals surface area contributed by atoms with E-state index in [1.807, 2.05) is 0 Å². The van der Waals surface area contributed by atoms with Gasteiger partial charge in [-0.1, -0.05) is 0 Å². The van der Waals surface area contributed by atoms with Gasteiger partial charge < -0.3 is 108 Å². The Morgan fingerprint density at radius 1 is 0.716 bits per heavy atom. The van der Waals surface area contributed by atoms with E-state index in [-0.39, 0.29) is 66.1 Å². The van der Waals surface area contributed by atoms with E-state index in [4.69, 9.17) is 61.6 Å². The molecule has 10 unspecified atom stereocenters. The van der Waals surface area contributed by atoms with Gasteiger partial charge in [0.15, 0.2) is 49.1 Å². The molecule has 26 heteroatoms. The van der Waals surface area contributed by atoms with Gasteiger partial charge in [0.05, 0.1) is 61.3 Å². The smallest absolute Gasteiger partial charge is 0.302 e. The van der Waals surface area contributed by atoms with Crippen molar-refractivity contribution in [1.29, 1.82) is 0 Å². The third kappa shape index (κ3) is 18.3. The molecular weight excluding hydrogens is 1080 g/mol. The first kappa shape index (κ1) is 69.2. The van der Waals surface area contributed by atoms with Crippen molar-refractivity contribution >= 4 is 34.3 Å². The van der Waals surface area contributed by atoms with E-state index in [9.17, 15) is 65.1 Å². The van der Waals surface area contributed by atoms with E-state index < -0.39 is 163 Å². The fourth-order valence-corrected chi connectivity index (χ4v) is 9.30. The number of benzene rings is 2. The molecule has 1 aliphatic carbocycles. The summed E-state index contributed by atoms with van der Waals surface area (Å²) >= 11 is 0. The van der Waals surface area contributed by atoms with Crippen LogP contribution < -0.4 is 4.74 Å². The van der Waals surface area contributed by atoms with Gasteiger partial charge in [-0.25, -0.2) is 0 Å². The predicted molar refractivity (Wildman–Crippen MR) is 282 cm³/mol. The number of Topliss-reactive ketones (excluding diaryl/α,β-unsaturated/α-hetero) is 2. The number of hydrogen-bond acceptors (Lipinski definition) is 26. The van der Waals surface area contributed by atoms with E-state index >= 15 is 0 Å². The van der Waals surface area contributed by atoms with Crippen LogP contribution in [0.15, 0.2) is 12.1 Å². The van der Waals surface area contributed by atoms with Gasteiger partial charge in [0, 0.05) is 32.4 Å². The maximum atomic E-state index is 14.8. The molecular formula is C55H86O26. The Labute approximate surface area is 471 Å². The molecule has 0 spiro atoms. The zero-order valence-electron chi connectivity index (χ0n) is 48.7. The summed E-state index contributed by atoms with van der Waals surface area (Å²) in [5.74, 6) is -5.42. The maximum Gasteiger partial charge on any atom is 0.302 e. The minimum atomic E-state index is -1.92. The number of ketones is 2. The Morgan fingerprint density at radius 2 is 1.22 bits per heavy atom. The SMILES string of the molecule is CO[C@H](C(=O)[C@@H](O)[C@@H](C)OC(C)=O)[C@@H]1Cc2cc3cc(OC(C)OC(C)[C@@H](O)CO[C@@H](C)OC(C)[C@@H](O)COC(C)=O)c(C)c(O)c3c(O)c2C(=O)[C@H]1OC(C)OC(C)[C@@H](O)COC(C)OC(C)[C@H](O)COC1OC(C)[C@@H](O)C1(C)O. The molecule has 81 heavy (non-hydrogen) atoms. The molecule has 1 saturated heterocycles. The van der Waals surface area contributed by atoms with Crippen LogP contribution in [0.4, 0.5) is 0 Å². The molecule has 4 rings (SSSR count). The lowest BCUT2D eigenvalue weighted by molar-refractivity contribution is -0.235. The lowest BCUT2D eigenvalue weighted by atomic mass is 9.75. The molecule has 2 aliphatic rings. The molecule has 1 fully saturated rings. The zero-order valence-corrected chi connectivity index (χ0v) is 48.7.